The molecule has 0 fully saturated rings. The second-order valence-electron chi connectivity index (χ2n) is 5.20. The van der Waals surface area contributed by atoms with Gasteiger partial charge >= 0.3 is 7.25 Å². The smallest absolute Gasteiger partial charge is 0.673 e. The summed E-state index contributed by atoms with van der Waals surface area (Å²) < 4.78 is 40.0. The van der Waals surface area contributed by atoms with Gasteiger partial charge in [-0.1, -0.05) is 0 Å². The summed E-state index contributed by atoms with van der Waals surface area (Å²) in [5.41, 5.74) is 1.42. The molecular formula is C14H20BF4FeN-6. The van der Waals surface area contributed by atoms with Crippen molar-refractivity contribution in [1.82, 2.24) is 0 Å². The van der Waals surface area contributed by atoms with Gasteiger partial charge in [-0.25, -0.2) is 12.1 Å². The van der Waals surface area contributed by atoms with E-state index < -0.39 is 7.25 Å². The Bertz CT molecular complexity index is 396. The van der Waals surface area contributed by atoms with E-state index in [0.29, 0.717) is 0 Å². The average molecular weight is 345 g/mol. The topological polar surface area (TPSA) is 0 Å². The van der Waals surface area contributed by atoms with Gasteiger partial charge in [-0.05, 0) is 0 Å². The molecule has 0 radical (unpaired) electrons. The molecule has 1 nitrogen and oxygen atoms in total. The van der Waals surface area contributed by atoms with Crippen LogP contribution in [0.1, 0.15) is 5.56 Å². The molecule has 0 spiro atoms. The molecule has 0 N–H and O–H groups in total. The van der Waals surface area contributed by atoms with E-state index in [2.05, 4.69) is 45.4 Å². The van der Waals surface area contributed by atoms with E-state index in [0.717, 1.165) is 11.0 Å². The maximum Gasteiger partial charge on any atom is 0.673 e. The molecule has 2 aromatic carbocycles. The van der Waals surface area contributed by atoms with Gasteiger partial charge in [0.15, 0.2) is 0 Å². The summed E-state index contributed by atoms with van der Waals surface area (Å²) in [7, 11) is 0.604. The third kappa shape index (κ3) is 21.4. The van der Waals surface area contributed by atoms with Gasteiger partial charge in [0.2, 0.25) is 0 Å². The summed E-state index contributed by atoms with van der Waals surface area (Å²) >= 11 is 0. The first kappa shape index (κ1) is 22.2. The second-order valence-corrected chi connectivity index (χ2v) is 5.20. The van der Waals surface area contributed by atoms with E-state index in [1.165, 1.54) is 5.56 Å². The molecule has 2 aromatic rings. The molecule has 126 valence electrons. The van der Waals surface area contributed by atoms with E-state index >= 15 is 0 Å². The summed E-state index contributed by atoms with van der Waals surface area (Å²) in [5, 5.41) is 0. The van der Waals surface area contributed by atoms with Crippen molar-refractivity contribution < 1.29 is 38.8 Å². The van der Waals surface area contributed by atoms with Crippen LogP contribution in [0.3, 0.4) is 0 Å². The van der Waals surface area contributed by atoms with E-state index in [1.807, 2.05) is 30.3 Å². The van der Waals surface area contributed by atoms with Crippen LogP contribution in [0.15, 0.2) is 54.6 Å². The predicted molar refractivity (Wildman–Crippen MR) is 76.0 cm³/mol. The van der Waals surface area contributed by atoms with Gasteiger partial charge in [-0.3, -0.25) is 0 Å². The predicted octanol–water partition coefficient (Wildman–Crippen LogP) is 4.31. The van der Waals surface area contributed by atoms with Gasteiger partial charge in [-0.2, -0.15) is 12.1 Å². The molecule has 0 aliphatic rings. The van der Waals surface area contributed by atoms with Gasteiger partial charge < -0.3 is 52.1 Å². The van der Waals surface area contributed by atoms with Crippen LogP contribution in [-0.2, 0) is 23.6 Å². The van der Waals surface area contributed by atoms with Crippen molar-refractivity contribution in [2.45, 2.75) is 6.54 Å². The normalized spacial score (nSPS) is 10.4. The standard InChI is InChI=1S/C9H15N.C5H5.BF4.Fe/c1-10(2,3)8-9-6-4-5-7-9;1-2-4-5-3-1;2-1(3,4)5;/h4-7H,8H2,1-3H3;1-5H;;/q;-5;-1;. The van der Waals surface area contributed by atoms with Crippen molar-refractivity contribution in [2.24, 2.45) is 0 Å². The summed E-state index contributed by atoms with van der Waals surface area (Å²) in [5.74, 6) is 0. The van der Waals surface area contributed by atoms with Crippen molar-refractivity contribution in [2.75, 3.05) is 21.1 Å². The Hall–Kier alpha value is -1.04. The zero-order valence-electron chi connectivity index (χ0n) is 12.3. The van der Waals surface area contributed by atoms with Gasteiger partial charge in [0, 0.05) is 17.1 Å². The summed E-state index contributed by atoms with van der Waals surface area (Å²) in [6.45, 7) is 1.12. The Morgan fingerprint density at radius 3 is 1.38 bits per heavy atom. The Labute approximate surface area is 134 Å². The molecule has 0 aliphatic heterocycles. The largest absolute Gasteiger partial charge is 0.748 e. The quantitative estimate of drug-likeness (QED) is 0.329. The Balaban J connectivity index is 0. The van der Waals surface area contributed by atoms with Gasteiger partial charge in [0.25, 0.3) is 0 Å². The molecule has 0 unspecified atom stereocenters. The first-order valence-corrected chi connectivity index (χ1v) is 6.13. The van der Waals surface area contributed by atoms with E-state index in [-0.39, 0.29) is 17.1 Å². The molecule has 7 heteroatoms. The molecule has 0 aliphatic carbocycles. The van der Waals surface area contributed by atoms with Crippen molar-refractivity contribution >= 4 is 7.25 Å². The minimum Gasteiger partial charge on any atom is -0.748 e. The summed E-state index contributed by atoms with van der Waals surface area (Å²) in [6, 6.07) is 18.5. The Kier molecular flexibility index (Phi) is 11.3. The fraction of sp³-hybridized carbons (Fsp3) is 0.286. The third-order valence-electron chi connectivity index (χ3n) is 1.94. The van der Waals surface area contributed by atoms with Gasteiger partial charge in [0.1, 0.15) is 0 Å². The van der Waals surface area contributed by atoms with Crippen LogP contribution in [0.4, 0.5) is 17.3 Å². The zero-order chi connectivity index (χ0) is 15.6. The van der Waals surface area contributed by atoms with Crippen LogP contribution in [0, 0.1) is 0 Å². The van der Waals surface area contributed by atoms with Crippen LogP contribution < -0.4 is 0 Å². The first-order valence-electron chi connectivity index (χ1n) is 6.13. The van der Waals surface area contributed by atoms with Crippen molar-refractivity contribution in [3.05, 3.63) is 60.2 Å². The van der Waals surface area contributed by atoms with Crippen LogP contribution in [0.5, 0.6) is 0 Å². The van der Waals surface area contributed by atoms with E-state index in [1.54, 1.807) is 0 Å². The SMILES string of the molecule is C[N+](C)(C)C[c-]1cccc1.F[B-](F)(F)F.[Fe].[cH-]1[cH-][cH-][cH-][cH-]1. The van der Waals surface area contributed by atoms with Crippen LogP contribution in [0.25, 0.3) is 0 Å². The Morgan fingerprint density at radius 2 is 1.14 bits per heavy atom. The van der Waals surface area contributed by atoms with Crippen LogP contribution in [-0.4, -0.2) is 32.9 Å². The molecule has 0 heterocycles. The van der Waals surface area contributed by atoms with Crippen molar-refractivity contribution in [3.63, 3.8) is 0 Å². The molecule has 0 atom stereocenters. The third-order valence-corrected chi connectivity index (χ3v) is 1.94. The van der Waals surface area contributed by atoms with E-state index in [9.17, 15) is 17.3 Å². The fourth-order valence-corrected chi connectivity index (χ4v) is 1.39. The number of nitrogens with zero attached hydrogens (tertiary/aromatic N) is 1. The maximum absolute atomic E-state index is 9.75. The number of halogens is 4. The number of rotatable bonds is 2. The first-order chi connectivity index (χ1) is 9.08. The van der Waals surface area contributed by atoms with Crippen molar-refractivity contribution in [3.8, 4) is 0 Å². The molecule has 0 saturated heterocycles. The second kappa shape index (κ2) is 10.7. The summed E-state index contributed by atoms with van der Waals surface area (Å²) in [6.07, 6.45) is 0. The molecule has 0 amide bonds. The molecule has 2 rings (SSSR count). The number of hydrogen-bond donors (Lipinski definition) is 0. The van der Waals surface area contributed by atoms with Crippen molar-refractivity contribution in [1.29, 1.82) is 0 Å². The van der Waals surface area contributed by atoms with Gasteiger partial charge in [-0.15, -0.1) is 5.56 Å². The molecule has 0 saturated carbocycles. The number of hydrogen-bond acceptors (Lipinski definition) is 0. The summed E-state index contributed by atoms with van der Waals surface area (Å²) in [4.78, 5) is 0. The minimum atomic E-state index is -6.00. The van der Waals surface area contributed by atoms with Gasteiger partial charge in [0.05, 0.1) is 27.7 Å². The molecule has 21 heavy (non-hydrogen) atoms. The molecule has 0 aromatic heterocycles. The average Bonchev–Trinajstić information content (AvgIpc) is 2.84. The van der Waals surface area contributed by atoms with E-state index in [4.69, 9.17) is 0 Å². The molecule has 0 bridgehead atoms. The monoisotopic (exact) mass is 345 g/mol. The van der Waals surface area contributed by atoms with Crippen LogP contribution in [0.2, 0.25) is 0 Å². The molecular weight excluding hydrogens is 325 g/mol. The maximum atomic E-state index is 9.75. The van der Waals surface area contributed by atoms with Crippen LogP contribution >= 0.6 is 0 Å². The zero-order valence-corrected chi connectivity index (χ0v) is 13.4. The Morgan fingerprint density at radius 1 is 0.857 bits per heavy atom. The minimum absolute atomic E-state index is 0. The fourth-order valence-electron chi connectivity index (χ4n) is 1.39. The number of quaternary nitrogens is 1.